The standard InChI is InChI=1S/C56H106O6/c1-4-7-10-13-16-18-20-22-24-25-26-27-28-29-30-31-32-33-35-36-38-40-43-46-49-55(58)61-52-53(51-60-54(57)48-45-42-15-12-9-6-3)62-56(59)50-47-44-41-39-37-34-23-21-19-17-14-11-8-5-2/h21,23,53H,4-20,22,24-52H2,1-3H3/b23-21-. The van der Waals surface area contributed by atoms with Gasteiger partial charge >= 0.3 is 17.9 Å². The van der Waals surface area contributed by atoms with Crippen LogP contribution in [0.15, 0.2) is 12.2 Å². The van der Waals surface area contributed by atoms with Gasteiger partial charge in [-0.1, -0.05) is 258 Å². The highest BCUT2D eigenvalue weighted by Crippen LogP contribution is 2.17. The third-order valence-electron chi connectivity index (χ3n) is 12.5. The van der Waals surface area contributed by atoms with Crippen molar-refractivity contribution in [2.45, 2.75) is 316 Å². The van der Waals surface area contributed by atoms with Gasteiger partial charge in [-0.05, 0) is 44.9 Å². The summed E-state index contributed by atoms with van der Waals surface area (Å²) in [6.07, 6.45) is 58.1. The number of allylic oxidation sites excluding steroid dienone is 2. The Morgan fingerprint density at radius 3 is 0.806 bits per heavy atom. The number of unbranched alkanes of at least 4 members (excludes halogenated alkanes) is 38. The van der Waals surface area contributed by atoms with Gasteiger partial charge in [0.15, 0.2) is 6.10 Å². The van der Waals surface area contributed by atoms with Gasteiger partial charge in [-0.2, -0.15) is 0 Å². The molecule has 0 radical (unpaired) electrons. The summed E-state index contributed by atoms with van der Waals surface area (Å²) in [5, 5.41) is 0. The van der Waals surface area contributed by atoms with Crippen molar-refractivity contribution < 1.29 is 28.6 Å². The molecule has 0 saturated carbocycles. The van der Waals surface area contributed by atoms with Gasteiger partial charge in [0.1, 0.15) is 13.2 Å². The van der Waals surface area contributed by atoms with Gasteiger partial charge in [-0.15, -0.1) is 0 Å². The first kappa shape index (κ1) is 60.2. The molecule has 1 atom stereocenters. The highest BCUT2D eigenvalue weighted by atomic mass is 16.6. The second kappa shape index (κ2) is 51.8. The van der Waals surface area contributed by atoms with Crippen LogP contribution in [-0.4, -0.2) is 37.2 Å². The van der Waals surface area contributed by atoms with E-state index >= 15 is 0 Å². The summed E-state index contributed by atoms with van der Waals surface area (Å²) in [6.45, 7) is 6.61. The molecule has 0 heterocycles. The Morgan fingerprint density at radius 1 is 0.306 bits per heavy atom. The number of rotatable bonds is 51. The average molecular weight is 875 g/mol. The molecular formula is C56H106O6. The Kier molecular flexibility index (Phi) is 50.2. The first-order valence-corrected chi connectivity index (χ1v) is 27.7. The Morgan fingerprint density at radius 2 is 0.532 bits per heavy atom. The topological polar surface area (TPSA) is 78.9 Å². The molecule has 0 fully saturated rings. The van der Waals surface area contributed by atoms with Gasteiger partial charge in [-0.3, -0.25) is 14.4 Å². The minimum absolute atomic E-state index is 0.0689. The van der Waals surface area contributed by atoms with Crippen LogP contribution < -0.4 is 0 Å². The van der Waals surface area contributed by atoms with Gasteiger partial charge in [-0.25, -0.2) is 0 Å². The number of hydrogen-bond donors (Lipinski definition) is 0. The molecule has 0 aromatic heterocycles. The molecule has 1 unspecified atom stereocenters. The van der Waals surface area contributed by atoms with E-state index in [1.165, 1.54) is 205 Å². The first-order valence-electron chi connectivity index (χ1n) is 27.7. The second-order valence-corrected chi connectivity index (χ2v) is 18.9. The van der Waals surface area contributed by atoms with E-state index in [2.05, 4.69) is 32.9 Å². The summed E-state index contributed by atoms with van der Waals surface area (Å²) >= 11 is 0. The lowest BCUT2D eigenvalue weighted by atomic mass is 10.0. The lowest BCUT2D eigenvalue weighted by molar-refractivity contribution is -0.167. The molecular weight excluding hydrogens is 769 g/mol. The lowest BCUT2D eigenvalue weighted by Crippen LogP contribution is -2.30. The molecule has 0 saturated heterocycles. The SMILES string of the molecule is CCCCCCC/C=C\CCCCCCCC(=O)OC(COC(=O)CCCCCCCC)COC(=O)CCCCCCCCCCCCCCCCCCCCCCCCCC. The summed E-state index contributed by atoms with van der Waals surface area (Å²) in [6, 6.07) is 0. The summed E-state index contributed by atoms with van der Waals surface area (Å²) in [5.74, 6) is -0.870. The zero-order chi connectivity index (χ0) is 45.1. The van der Waals surface area contributed by atoms with Crippen molar-refractivity contribution in [2.75, 3.05) is 13.2 Å². The van der Waals surface area contributed by atoms with Crippen LogP contribution in [-0.2, 0) is 28.6 Å². The van der Waals surface area contributed by atoms with Crippen LogP contribution in [0.3, 0.4) is 0 Å². The smallest absolute Gasteiger partial charge is 0.306 e. The zero-order valence-corrected chi connectivity index (χ0v) is 41.9. The van der Waals surface area contributed by atoms with Crippen molar-refractivity contribution in [3.8, 4) is 0 Å². The normalized spacial score (nSPS) is 12.0. The monoisotopic (exact) mass is 875 g/mol. The number of esters is 3. The van der Waals surface area contributed by atoms with Crippen LogP contribution in [0, 0.1) is 0 Å². The first-order chi connectivity index (χ1) is 30.5. The predicted molar refractivity (Wildman–Crippen MR) is 266 cm³/mol. The second-order valence-electron chi connectivity index (χ2n) is 18.9. The molecule has 0 aliphatic heterocycles. The fourth-order valence-electron chi connectivity index (χ4n) is 8.32. The number of ether oxygens (including phenoxy) is 3. The maximum Gasteiger partial charge on any atom is 0.306 e. The Labute approximate surface area is 386 Å². The van der Waals surface area contributed by atoms with Gasteiger partial charge in [0.05, 0.1) is 0 Å². The van der Waals surface area contributed by atoms with Crippen molar-refractivity contribution in [1.29, 1.82) is 0 Å². The van der Waals surface area contributed by atoms with Crippen LogP contribution in [0.5, 0.6) is 0 Å². The van der Waals surface area contributed by atoms with Gasteiger partial charge in [0.2, 0.25) is 0 Å². The van der Waals surface area contributed by atoms with Crippen molar-refractivity contribution in [3.63, 3.8) is 0 Å². The van der Waals surface area contributed by atoms with Crippen molar-refractivity contribution >= 4 is 17.9 Å². The van der Waals surface area contributed by atoms with E-state index in [1.54, 1.807) is 0 Å². The molecule has 0 spiro atoms. The molecule has 0 aromatic rings. The summed E-state index contributed by atoms with van der Waals surface area (Å²) in [7, 11) is 0. The van der Waals surface area contributed by atoms with E-state index < -0.39 is 6.10 Å². The van der Waals surface area contributed by atoms with Crippen LogP contribution in [0.1, 0.15) is 310 Å². The minimum atomic E-state index is -0.766. The fraction of sp³-hybridized carbons (Fsp3) is 0.911. The quantitative estimate of drug-likeness (QED) is 0.0262. The molecule has 0 aromatic carbocycles. The summed E-state index contributed by atoms with van der Waals surface area (Å²) in [5.41, 5.74) is 0. The number of carbonyl (C=O) groups is 3. The van der Waals surface area contributed by atoms with E-state index in [1.807, 2.05) is 0 Å². The molecule has 6 heteroatoms. The van der Waals surface area contributed by atoms with Gasteiger partial charge < -0.3 is 14.2 Å². The highest BCUT2D eigenvalue weighted by Gasteiger charge is 2.19. The molecule has 6 nitrogen and oxygen atoms in total. The van der Waals surface area contributed by atoms with E-state index in [0.29, 0.717) is 19.3 Å². The predicted octanol–water partition coefficient (Wildman–Crippen LogP) is 18.2. The third-order valence-corrected chi connectivity index (χ3v) is 12.5. The van der Waals surface area contributed by atoms with Crippen LogP contribution in [0.4, 0.5) is 0 Å². The molecule has 0 aliphatic carbocycles. The molecule has 0 amide bonds. The van der Waals surface area contributed by atoms with E-state index in [-0.39, 0.29) is 31.1 Å². The third kappa shape index (κ3) is 49.2. The Bertz CT molecular complexity index is 962. The molecule has 0 rings (SSSR count). The van der Waals surface area contributed by atoms with Crippen LogP contribution in [0.25, 0.3) is 0 Å². The van der Waals surface area contributed by atoms with Crippen LogP contribution >= 0.6 is 0 Å². The Balaban J connectivity index is 4.05. The summed E-state index contributed by atoms with van der Waals surface area (Å²) < 4.78 is 16.7. The number of hydrogen-bond acceptors (Lipinski definition) is 6. The van der Waals surface area contributed by atoms with Gasteiger partial charge in [0, 0.05) is 19.3 Å². The van der Waals surface area contributed by atoms with Crippen molar-refractivity contribution in [1.82, 2.24) is 0 Å². The van der Waals surface area contributed by atoms with E-state index in [4.69, 9.17) is 14.2 Å². The lowest BCUT2D eigenvalue weighted by Gasteiger charge is -2.18. The largest absolute Gasteiger partial charge is 0.462 e. The molecule has 62 heavy (non-hydrogen) atoms. The van der Waals surface area contributed by atoms with Crippen LogP contribution in [0.2, 0.25) is 0 Å². The fourth-order valence-corrected chi connectivity index (χ4v) is 8.32. The number of carbonyl (C=O) groups excluding carboxylic acids is 3. The maximum absolute atomic E-state index is 12.7. The van der Waals surface area contributed by atoms with E-state index in [9.17, 15) is 14.4 Å². The van der Waals surface area contributed by atoms with Crippen molar-refractivity contribution in [3.05, 3.63) is 12.2 Å². The Hall–Kier alpha value is -1.85. The summed E-state index contributed by atoms with van der Waals surface area (Å²) in [4.78, 5) is 37.8. The molecule has 0 aliphatic rings. The molecule has 0 N–H and O–H groups in total. The van der Waals surface area contributed by atoms with Gasteiger partial charge in [0.25, 0.3) is 0 Å². The minimum Gasteiger partial charge on any atom is -0.462 e. The molecule has 0 bridgehead atoms. The average Bonchev–Trinajstić information content (AvgIpc) is 3.27. The zero-order valence-electron chi connectivity index (χ0n) is 41.9. The van der Waals surface area contributed by atoms with Crippen molar-refractivity contribution in [2.24, 2.45) is 0 Å². The molecule has 366 valence electrons. The highest BCUT2D eigenvalue weighted by molar-refractivity contribution is 5.71. The maximum atomic E-state index is 12.7. The van der Waals surface area contributed by atoms with E-state index in [0.717, 1.165) is 64.2 Å².